The van der Waals surface area contributed by atoms with E-state index in [1.165, 1.54) is 12.1 Å². The minimum atomic E-state index is -3.98. The Balaban J connectivity index is 1.67. The minimum absolute atomic E-state index is 0.0164. The van der Waals surface area contributed by atoms with Crippen LogP contribution in [0.3, 0.4) is 0 Å². The normalized spacial score (nSPS) is 11.6. The molecule has 0 bridgehead atoms. The molecule has 158 valence electrons. The Morgan fingerprint density at radius 2 is 1.77 bits per heavy atom. The van der Waals surface area contributed by atoms with E-state index in [1.54, 1.807) is 53.2 Å². The molecule has 9 heteroatoms. The number of benzene rings is 3. The molecule has 0 spiro atoms. The van der Waals surface area contributed by atoms with Gasteiger partial charge in [-0.2, -0.15) is 5.10 Å². The second kappa shape index (κ2) is 8.34. The molecule has 4 aromatic rings. The quantitative estimate of drug-likeness (QED) is 0.450. The molecule has 0 aliphatic rings. The van der Waals surface area contributed by atoms with Crippen LogP contribution in [0.15, 0.2) is 71.6 Å². The molecule has 1 amide bonds. The van der Waals surface area contributed by atoms with Crippen LogP contribution in [-0.4, -0.2) is 24.1 Å². The predicted octanol–water partition coefficient (Wildman–Crippen LogP) is 4.82. The maximum Gasteiger partial charge on any atom is 0.265 e. The lowest BCUT2D eigenvalue weighted by Gasteiger charge is -2.09. The van der Waals surface area contributed by atoms with Crippen molar-refractivity contribution >= 4 is 50.0 Å². The summed E-state index contributed by atoms with van der Waals surface area (Å²) in [5.41, 5.74) is 2.49. The number of carbonyl (C=O) groups excluding carboxylic acids is 1. The first-order chi connectivity index (χ1) is 14.7. The zero-order valence-electron chi connectivity index (χ0n) is 16.3. The smallest absolute Gasteiger partial charge is 0.265 e. The van der Waals surface area contributed by atoms with E-state index < -0.39 is 15.9 Å². The molecule has 0 saturated heterocycles. The number of aryl methyl sites for hydroxylation is 1. The van der Waals surface area contributed by atoms with Crippen molar-refractivity contribution in [1.29, 1.82) is 0 Å². The summed E-state index contributed by atoms with van der Waals surface area (Å²) >= 11 is 12.3. The van der Waals surface area contributed by atoms with Crippen molar-refractivity contribution < 1.29 is 13.2 Å². The van der Waals surface area contributed by atoms with Crippen molar-refractivity contribution in [1.82, 2.24) is 14.5 Å². The van der Waals surface area contributed by atoms with E-state index in [9.17, 15) is 13.2 Å². The van der Waals surface area contributed by atoms with Crippen LogP contribution in [0.2, 0.25) is 10.0 Å². The lowest BCUT2D eigenvalue weighted by Crippen LogP contribution is -2.30. The summed E-state index contributed by atoms with van der Waals surface area (Å²) in [5, 5.41) is 6.45. The van der Waals surface area contributed by atoms with Crippen molar-refractivity contribution in [2.24, 2.45) is 0 Å². The van der Waals surface area contributed by atoms with E-state index in [-0.39, 0.29) is 10.5 Å². The number of fused-ring (bicyclic) bond motifs is 1. The SMILES string of the molecule is Cc1nn(Cc2ccc(Cl)cc2Cl)c2cc(C(=O)NS(=O)(=O)c3ccccc3)ccc12. The molecule has 1 heterocycles. The molecule has 0 fully saturated rings. The van der Waals surface area contributed by atoms with Gasteiger partial charge in [-0.3, -0.25) is 9.48 Å². The fourth-order valence-electron chi connectivity index (χ4n) is 3.25. The van der Waals surface area contributed by atoms with Gasteiger partial charge in [0.25, 0.3) is 15.9 Å². The predicted molar refractivity (Wildman–Crippen MR) is 121 cm³/mol. The zero-order chi connectivity index (χ0) is 22.2. The van der Waals surface area contributed by atoms with Crippen molar-refractivity contribution in [2.75, 3.05) is 0 Å². The fourth-order valence-corrected chi connectivity index (χ4v) is 4.72. The number of hydrogen-bond acceptors (Lipinski definition) is 4. The Morgan fingerprint density at radius 1 is 1.03 bits per heavy atom. The highest BCUT2D eigenvalue weighted by atomic mass is 35.5. The third kappa shape index (κ3) is 4.44. The number of nitrogens with one attached hydrogen (secondary N) is 1. The Hall–Kier alpha value is -2.87. The van der Waals surface area contributed by atoms with Crippen LogP contribution in [0.5, 0.6) is 0 Å². The van der Waals surface area contributed by atoms with Crippen LogP contribution >= 0.6 is 23.2 Å². The Kier molecular flexibility index (Phi) is 5.75. The molecule has 6 nitrogen and oxygen atoms in total. The lowest BCUT2D eigenvalue weighted by atomic mass is 10.1. The Morgan fingerprint density at radius 3 is 2.48 bits per heavy atom. The third-order valence-electron chi connectivity index (χ3n) is 4.81. The average molecular weight is 474 g/mol. The van der Waals surface area contributed by atoms with Crippen LogP contribution in [0.25, 0.3) is 10.9 Å². The summed E-state index contributed by atoms with van der Waals surface area (Å²) in [6, 6.07) is 17.9. The van der Waals surface area contributed by atoms with Gasteiger partial charge in [0.15, 0.2) is 0 Å². The van der Waals surface area contributed by atoms with Gasteiger partial charge in [0, 0.05) is 21.0 Å². The standard InChI is InChI=1S/C22H17Cl2N3O3S/c1-14-19-10-8-15(22(28)26-31(29,30)18-5-3-2-4-6-18)11-21(19)27(25-14)13-16-7-9-17(23)12-20(16)24/h2-12H,13H2,1H3,(H,26,28). The van der Waals surface area contributed by atoms with Crippen LogP contribution in [0.1, 0.15) is 21.6 Å². The fraction of sp³-hybridized carbons (Fsp3) is 0.0909. The monoisotopic (exact) mass is 473 g/mol. The number of amides is 1. The summed E-state index contributed by atoms with van der Waals surface area (Å²) in [6.07, 6.45) is 0. The molecule has 0 radical (unpaired) electrons. The molecule has 0 aliphatic heterocycles. The highest BCUT2D eigenvalue weighted by molar-refractivity contribution is 7.90. The van der Waals surface area contributed by atoms with E-state index in [4.69, 9.17) is 23.2 Å². The maximum atomic E-state index is 12.7. The number of aromatic nitrogens is 2. The number of hydrogen-bond donors (Lipinski definition) is 1. The second-order valence-electron chi connectivity index (χ2n) is 6.96. The van der Waals surface area contributed by atoms with Crippen LogP contribution < -0.4 is 4.72 Å². The van der Waals surface area contributed by atoms with E-state index >= 15 is 0 Å². The second-order valence-corrected chi connectivity index (χ2v) is 9.48. The maximum absolute atomic E-state index is 12.7. The van der Waals surface area contributed by atoms with Gasteiger partial charge in [-0.25, -0.2) is 13.1 Å². The molecular formula is C22H17Cl2N3O3S. The molecule has 0 unspecified atom stereocenters. The molecule has 1 N–H and O–H groups in total. The number of rotatable bonds is 5. The van der Waals surface area contributed by atoms with Crippen molar-refractivity contribution in [3.05, 3.63) is 93.6 Å². The van der Waals surface area contributed by atoms with Crippen molar-refractivity contribution in [2.45, 2.75) is 18.4 Å². The van der Waals surface area contributed by atoms with Crippen LogP contribution in [0.4, 0.5) is 0 Å². The largest absolute Gasteiger partial charge is 0.268 e. The number of halogens is 2. The third-order valence-corrected chi connectivity index (χ3v) is 6.75. The molecule has 1 aromatic heterocycles. The van der Waals surface area contributed by atoms with E-state index in [2.05, 4.69) is 9.82 Å². The topological polar surface area (TPSA) is 81.1 Å². The van der Waals surface area contributed by atoms with Gasteiger partial charge >= 0.3 is 0 Å². The first-order valence-corrected chi connectivity index (χ1v) is 11.5. The molecular weight excluding hydrogens is 457 g/mol. The highest BCUT2D eigenvalue weighted by Gasteiger charge is 2.19. The summed E-state index contributed by atoms with van der Waals surface area (Å²) < 4.78 is 28.8. The van der Waals surface area contributed by atoms with Crippen molar-refractivity contribution in [3.63, 3.8) is 0 Å². The van der Waals surface area contributed by atoms with E-state index in [0.717, 1.165) is 16.6 Å². The van der Waals surface area contributed by atoms with Gasteiger partial charge in [0.2, 0.25) is 0 Å². The lowest BCUT2D eigenvalue weighted by molar-refractivity contribution is 0.0981. The first kappa shape index (κ1) is 21.4. The molecule has 3 aromatic carbocycles. The van der Waals surface area contributed by atoms with Gasteiger partial charge in [-0.05, 0) is 48.9 Å². The molecule has 0 aliphatic carbocycles. The van der Waals surface area contributed by atoms with Crippen LogP contribution in [-0.2, 0) is 16.6 Å². The number of nitrogens with zero attached hydrogens (tertiary/aromatic N) is 2. The molecule has 0 atom stereocenters. The minimum Gasteiger partial charge on any atom is -0.268 e. The summed E-state index contributed by atoms with van der Waals surface area (Å²) in [5.74, 6) is -0.722. The van der Waals surface area contributed by atoms with Gasteiger partial charge in [-0.1, -0.05) is 53.5 Å². The molecule has 4 rings (SSSR count). The Bertz CT molecular complexity index is 1400. The van der Waals surface area contributed by atoms with Gasteiger partial charge < -0.3 is 0 Å². The summed E-state index contributed by atoms with van der Waals surface area (Å²) in [6.45, 7) is 2.23. The number of carbonyl (C=O) groups is 1. The number of sulfonamides is 1. The molecule has 31 heavy (non-hydrogen) atoms. The van der Waals surface area contributed by atoms with E-state index in [0.29, 0.717) is 22.1 Å². The van der Waals surface area contributed by atoms with Gasteiger partial charge in [0.05, 0.1) is 22.7 Å². The summed E-state index contributed by atoms with van der Waals surface area (Å²) in [7, 11) is -3.98. The van der Waals surface area contributed by atoms with E-state index in [1.807, 2.05) is 13.0 Å². The molecule has 0 saturated carbocycles. The van der Waals surface area contributed by atoms with Gasteiger partial charge in [0.1, 0.15) is 0 Å². The zero-order valence-corrected chi connectivity index (χ0v) is 18.7. The Labute approximate surface area is 189 Å². The van der Waals surface area contributed by atoms with Crippen molar-refractivity contribution in [3.8, 4) is 0 Å². The average Bonchev–Trinajstić information content (AvgIpc) is 3.05. The van der Waals surface area contributed by atoms with Gasteiger partial charge in [-0.15, -0.1) is 0 Å². The van der Waals surface area contributed by atoms with Crippen LogP contribution in [0, 0.1) is 6.92 Å². The summed E-state index contributed by atoms with van der Waals surface area (Å²) in [4.78, 5) is 12.7. The first-order valence-electron chi connectivity index (χ1n) is 9.28. The highest BCUT2D eigenvalue weighted by Crippen LogP contribution is 2.25.